The maximum Gasteiger partial charge on any atom is 0.331 e. The molecule has 6 atom stereocenters. The summed E-state index contributed by atoms with van der Waals surface area (Å²) >= 11 is 0. The number of hydrogen-bond acceptors (Lipinski definition) is 14. The molecule has 348 valence electrons. The molecule has 16 nitrogen and oxygen atoms in total. The van der Waals surface area contributed by atoms with E-state index in [1.807, 2.05) is 96.3 Å². The third-order valence-electron chi connectivity index (χ3n) is 13.2. The highest BCUT2D eigenvalue weighted by atomic mass is 16.6. The predicted octanol–water partition coefficient (Wildman–Crippen LogP) is 7.72. The van der Waals surface area contributed by atoms with Crippen molar-refractivity contribution >= 4 is 23.4 Å². The Morgan fingerprint density at radius 1 is 0.618 bits per heavy atom. The lowest BCUT2D eigenvalue weighted by atomic mass is 9.74. The summed E-state index contributed by atoms with van der Waals surface area (Å²) in [6.45, 7) is 4.81. The number of carbonyl (C=O) groups excluding carboxylic acids is 2. The number of nitrogens with zero attached hydrogens (tertiary/aromatic N) is 8. The second-order valence-electron chi connectivity index (χ2n) is 17.2. The minimum Gasteiger partial charge on any atom is -0.493 e. The van der Waals surface area contributed by atoms with E-state index in [9.17, 15) is 9.59 Å². The number of aromatic nitrogens is 6. The van der Waals surface area contributed by atoms with Gasteiger partial charge in [0.15, 0.2) is 23.0 Å². The lowest BCUT2D eigenvalue weighted by molar-refractivity contribution is -0.147. The van der Waals surface area contributed by atoms with Gasteiger partial charge in [-0.3, -0.25) is 19.1 Å². The van der Waals surface area contributed by atoms with Crippen LogP contribution >= 0.6 is 0 Å². The molecule has 0 amide bonds. The van der Waals surface area contributed by atoms with Crippen LogP contribution in [0.15, 0.2) is 121 Å². The number of hydrogen-bond donors (Lipinski definition) is 0. The number of methoxy groups -OCH3 is 2. The van der Waals surface area contributed by atoms with Gasteiger partial charge in [-0.2, -0.15) is 0 Å². The third-order valence-corrected chi connectivity index (χ3v) is 13.2. The average Bonchev–Trinajstić information content (AvgIpc) is 4.12. The van der Waals surface area contributed by atoms with Crippen molar-refractivity contribution < 1.29 is 38.0 Å². The van der Waals surface area contributed by atoms with Crippen molar-refractivity contribution in [3.8, 4) is 34.6 Å². The van der Waals surface area contributed by atoms with Crippen LogP contribution in [-0.4, -0.2) is 104 Å². The molecule has 0 bridgehead atoms. The smallest absolute Gasteiger partial charge is 0.331 e. The van der Waals surface area contributed by atoms with Gasteiger partial charge in [0.05, 0.1) is 50.9 Å². The van der Waals surface area contributed by atoms with Crippen molar-refractivity contribution in [1.29, 1.82) is 0 Å². The largest absolute Gasteiger partial charge is 0.493 e. The number of esters is 2. The Hall–Kier alpha value is -7.62. The van der Waals surface area contributed by atoms with Gasteiger partial charge in [-0.1, -0.05) is 0 Å². The zero-order valence-corrected chi connectivity index (χ0v) is 38.4. The molecule has 0 radical (unpaired) electrons. The zero-order chi connectivity index (χ0) is 46.7. The molecule has 0 saturated heterocycles. The van der Waals surface area contributed by atoms with Gasteiger partial charge in [0.25, 0.3) is 0 Å². The van der Waals surface area contributed by atoms with Gasteiger partial charge in [-0.25, -0.2) is 29.5 Å². The number of carbonyl (C=O) groups is 2. The standard InChI is InChI=1S/C52H52N8O8/c1-5-65-45-23-35-37-21-33(9-11-41(37)57-51(39(35)25-43(45)63-3)31-7-13-47(55-27-31)59-19-17-53-29-59)67-49(61)15-16-50(62)68-34-10-12-42-38(22-34)36-24-46(66-6-2)44(64-4)26-40(36)52(58-42)32-8-14-48(56-28-32)60-20-18-54-30-60/h7-8,13-20,23-30,33-34,37-38,41-42H,5-6,9-12,21-22H2,1-4H3/b16-15+/t33-,34-,37-,38-,41-,42-/m1/s1. The first-order valence-corrected chi connectivity index (χ1v) is 23.1. The molecule has 2 aliphatic carbocycles. The molecule has 4 aromatic heterocycles. The van der Waals surface area contributed by atoms with Crippen LogP contribution in [0.2, 0.25) is 0 Å². The van der Waals surface area contributed by atoms with E-state index in [4.69, 9.17) is 48.4 Å². The number of aliphatic imine (C=N–C) groups is 2. The van der Waals surface area contributed by atoms with Crippen LogP contribution in [0.4, 0.5) is 0 Å². The summed E-state index contributed by atoms with van der Waals surface area (Å²) < 4.78 is 39.3. The third kappa shape index (κ3) is 8.85. The molecule has 10 rings (SSSR count). The molecule has 0 N–H and O–H groups in total. The topological polar surface area (TPSA) is 176 Å². The van der Waals surface area contributed by atoms with Crippen LogP contribution in [0.3, 0.4) is 0 Å². The van der Waals surface area contributed by atoms with Gasteiger partial charge in [0.1, 0.15) is 36.5 Å². The molecular formula is C52H52N8O8. The summed E-state index contributed by atoms with van der Waals surface area (Å²) in [6, 6.07) is 15.8. The van der Waals surface area contributed by atoms with Gasteiger partial charge >= 0.3 is 11.9 Å². The van der Waals surface area contributed by atoms with E-state index in [0.717, 1.165) is 56.4 Å². The second kappa shape index (κ2) is 19.3. The van der Waals surface area contributed by atoms with Crippen molar-refractivity contribution in [3.05, 3.63) is 144 Å². The van der Waals surface area contributed by atoms with Crippen LogP contribution in [0.5, 0.6) is 23.0 Å². The summed E-state index contributed by atoms with van der Waals surface area (Å²) in [5, 5.41) is 0. The SMILES string of the molecule is CCOc1cc2c(cc1OC)C(c1ccc(-n3ccnc3)nc1)=N[C@@H]1CC[C@@H](OC(=O)/C=C/C(=O)O[C@@H]3CC[C@H]4N=C(c5ccc(-n6ccnc6)nc5)c5cc(OC)c(OCC)cc5[C@H]4C3)C[C@H]21. The van der Waals surface area contributed by atoms with Crippen LogP contribution < -0.4 is 18.9 Å². The number of ether oxygens (including phenoxy) is 6. The molecule has 2 saturated carbocycles. The van der Waals surface area contributed by atoms with Crippen LogP contribution in [-0.2, 0) is 19.1 Å². The Balaban J connectivity index is 0.813. The Morgan fingerprint density at radius 2 is 1.07 bits per heavy atom. The Labute approximate surface area is 393 Å². The van der Waals surface area contributed by atoms with E-state index >= 15 is 0 Å². The van der Waals surface area contributed by atoms with Crippen LogP contribution in [0.25, 0.3) is 11.6 Å². The fourth-order valence-electron chi connectivity index (χ4n) is 10.1. The van der Waals surface area contributed by atoms with Gasteiger partial charge in [-0.05, 0) is 112 Å². The summed E-state index contributed by atoms with van der Waals surface area (Å²) in [6.07, 6.45) is 19.5. The Morgan fingerprint density at radius 3 is 1.44 bits per heavy atom. The molecule has 4 aliphatic rings. The van der Waals surface area contributed by atoms with Gasteiger partial charge in [0, 0.05) is 83.4 Å². The highest BCUT2D eigenvalue weighted by Gasteiger charge is 2.41. The highest BCUT2D eigenvalue weighted by Crippen LogP contribution is 2.47. The minimum atomic E-state index is -0.601. The molecule has 68 heavy (non-hydrogen) atoms. The van der Waals surface area contributed by atoms with Crippen molar-refractivity contribution in [1.82, 2.24) is 29.1 Å². The maximum atomic E-state index is 13.3. The lowest BCUT2D eigenvalue weighted by Crippen LogP contribution is -2.36. The van der Waals surface area contributed by atoms with E-state index in [2.05, 4.69) is 9.97 Å². The summed E-state index contributed by atoms with van der Waals surface area (Å²) in [5.74, 6) is 2.69. The Bertz CT molecular complexity index is 2680. The molecule has 2 aliphatic heterocycles. The molecule has 6 aromatic rings. The quantitative estimate of drug-likeness (QED) is 0.0770. The fraction of sp³-hybridized carbons (Fsp3) is 0.346. The Kier molecular flexibility index (Phi) is 12.6. The highest BCUT2D eigenvalue weighted by molar-refractivity contribution is 6.15. The first-order chi connectivity index (χ1) is 33.3. The first-order valence-electron chi connectivity index (χ1n) is 23.1. The zero-order valence-electron chi connectivity index (χ0n) is 38.4. The molecule has 2 aromatic carbocycles. The van der Waals surface area contributed by atoms with Crippen molar-refractivity contribution in [2.75, 3.05) is 27.4 Å². The fourth-order valence-corrected chi connectivity index (χ4v) is 10.1. The van der Waals surface area contributed by atoms with E-state index in [1.54, 1.807) is 39.3 Å². The molecule has 0 spiro atoms. The maximum absolute atomic E-state index is 13.3. The monoisotopic (exact) mass is 916 g/mol. The molecular weight excluding hydrogens is 865 g/mol. The molecule has 0 unspecified atom stereocenters. The van der Waals surface area contributed by atoms with E-state index in [-0.39, 0.29) is 36.1 Å². The van der Waals surface area contributed by atoms with Crippen LogP contribution in [0, 0.1) is 0 Å². The van der Waals surface area contributed by atoms with Crippen molar-refractivity contribution in [2.24, 2.45) is 9.98 Å². The van der Waals surface area contributed by atoms with Crippen molar-refractivity contribution in [3.63, 3.8) is 0 Å². The summed E-state index contributed by atoms with van der Waals surface area (Å²) in [7, 11) is 3.25. The molecule has 6 heterocycles. The average molecular weight is 917 g/mol. The van der Waals surface area contributed by atoms with E-state index < -0.39 is 11.9 Å². The summed E-state index contributed by atoms with van der Waals surface area (Å²) in [5.41, 5.74) is 7.33. The van der Waals surface area contributed by atoms with Gasteiger partial charge in [0.2, 0.25) is 0 Å². The van der Waals surface area contributed by atoms with Gasteiger partial charge in [-0.15, -0.1) is 0 Å². The van der Waals surface area contributed by atoms with Gasteiger partial charge < -0.3 is 28.4 Å². The minimum absolute atomic E-state index is 0.0474. The number of pyridine rings is 2. The first kappa shape index (κ1) is 44.2. The van der Waals surface area contributed by atoms with E-state index in [1.165, 1.54) is 12.2 Å². The number of fused-ring (bicyclic) bond motifs is 6. The van der Waals surface area contributed by atoms with Crippen LogP contribution in [0.1, 0.15) is 97.6 Å². The normalized spacial score (nSPS) is 21.5. The number of imidazole rings is 2. The number of rotatable bonds is 14. The van der Waals surface area contributed by atoms with E-state index in [0.29, 0.717) is 74.7 Å². The predicted molar refractivity (Wildman–Crippen MR) is 252 cm³/mol. The lowest BCUT2D eigenvalue weighted by Gasteiger charge is -2.38. The summed E-state index contributed by atoms with van der Waals surface area (Å²) in [4.78, 5) is 54.9. The number of benzene rings is 2. The molecule has 2 fully saturated rings. The van der Waals surface area contributed by atoms with Crippen molar-refractivity contribution in [2.45, 2.75) is 88.5 Å². The molecule has 16 heteroatoms. The second-order valence-corrected chi connectivity index (χ2v) is 17.2.